The molecule has 0 bridgehead atoms. The second-order valence-corrected chi connectivity index (χ2v) is 5.23. The highest BCUT2D eigenvalue weighted by molar-refractivity contribution is 9.10. The molecule has 3 nitrogen and oxygen atoms in total. The number of phenols is 1. The van der Waals surface area contributed by atoms with Crippen molar-refractivity contribution in [2.45, 2.75) is 19.6 Å². The van der Waals surface area contributed by atoms with Crippen LogP contribution in [0.1, 0.15) is 24.2 Å². The number of hydrogen-bond donors (Lipinski definition) is 2. The first-order chi connectivity index (χ1) is 9.06. The maximum atomic E-state index is 9.73. The monoisotopic (exact) mass is 322 g/mol. The molecule has 19 heavy (non-hydrogen) atoms. The minimum Gasteiger partial charge on any atom is -0.508 e. The molecule has 1 atom stereocenters. The molecule has 0 saturated heterocycles. The van der Waals surface area contributed by atoms with Crippen molar-refractivity contribution >= 4 is 15.9 Å². The van der Waals surface area contributed by atoms with Crippen molar-refractivity contribution < 1.29 is 14.9 Å². The summed E-state index contributed by atoms with van der Waals surface area (Å²) >= 11 is 3.37. The van der Waals surface area contributed by atoms with E-state index in [-0.39, 0.29) is 5.75 Å². The largest absolute Gasteiger partial charge is 0.508 e. The van der Waals surface area contributed by atoms with E-state index >= 15 is 0 Å². The average molecular weight is 323 g/mol. The molecule has 100 valence electrons. The summed E-state index contributed by atoms with van der Waals surface area (Å²) in [5.41, 5.74) is 1.70. The molecule has 0 fully saturated rings. The van der Waals surface area contributed by atoms with Crippen molar-refractivity contribution in [3.05, 3.63) is 58.1 Å². The van der Waals surface area contributed by atoms with Crippen LogP contribution in [-0.2, 0) is 6.61 Å². The van der Waals surface area contributed by atoms with Gasteiger partial charge in [0.05, 0.1) is 6.10 Å². The second kappa shape index (κ2) is 6.08. The van der Waals surface area contributed by atoms with Crippen LogP contribution in [0.3, 0.4) is 0 Å². The van der Waals surface area contributed by atoms with Crippen molar-refractivity contribution in [1.82, 2.24) is 0 Å². The molecule has 0 spiro atoms. The fourth-order valence-corrected chi connectivity index (χ4v) is 2.11. The van der Waals surface area contributed by atoms with E-state index in [2.05, 4.69) is 15.9 Å². The Kier molecular flexibility index (Phi) is 4.45. The maximum absolute atomic E-state index is 9.73. The van der Waals surface area contributed by atoms with E-state index in [1.165, 1.54) is 0 Å². The average Bonchev–Trinajstić information content (AvgIpc) is 2.39. The van der Waals surface area contributed by atoms with Crippen LogP contribution < -0.4 is 4.74 Å². The Bertz CT molecular complexity index is 550. The van der Waals surface area contributed by atoms with E-state index in [1.54, 1.807) is 31.2 Å². The number of halogens is 1. The molecule has 0 radical (unpaired) electrons. The molecule has 0 aromatic heterocycles. The third kappa shape index (κ3) is 3.72. The van der Waals surface area contributed by atoms with Crippen LogP contribution in [0.2, 0.25) is 0 Å². The Balaban J connectivity index is 2.13. The van der Waals surface area contributed by atoms with Crippen LogP contribution in [0.5, 0.6) is 11.5 Å². The molecule has 2 aromatic rings. The Morgan fingerprint density at radius 3 is 2.47 bits per heavy atom. The summed E-state index contributed by atoms with van der Waals surface area (Å²) in [6.45, 7) is 2.09. The number of phenolic OH excluding ortho intramolecular Hbond substituents is 1. The first-order valence-corrected chi connectivity index (χ1v) is 6.74. The van der Waals surface area contributed by atoms with Gasteiger partial charge in [-0.1, -0.05) is 28.1 Å². The molecule has 0 heterocycles. The number of benzene rings is 2. The van der Waals surface area contributed by atoms with E-state index in [0.717, 1.165) is 15.6 Å². The van der Waals surface area contributed by atoms with E-state index in [4.69, 9.17) is 4.74 Å². The Hall–Kier alpha value is -1.52. The van der Waals surface area contributed by atoms with Crippen molar-refractivity contribution in [3.8, 4) is 11.5 Å². The highest BCUT2D eigenvalue weighted by atomic mass is 79.9. The molecular formula is C15H15BrO3. The summed E-state index contributed by atoms with van der Waals surface area (Å²) in [5.74, 6) is 0.892. The second-order valence-electron chi connectivity index (χ2n) is 4.31. The minimum absolute atomic E-state index is 0.233. The zero-order valence-electron chi connectivity index (χ0n) is 10.5. The summed E-state index contributed by atoms with van der Waals surface area (Å²) in [6, 6.07) is 12.4. The lowest BCUT2D eigenvalue weighted by atomic mass is 10.1. The van der Waals surface area contributed by atoms with Gasteiger partial charge in [-0.05, 0) is 42.8 Å². The minimum atomic E-state index is -0.590. The van der Waals surface area contributed by atoms with Crippen LogP contribution in [0.15, 0.2) is 46.9 Å². The number of ether oxygens (including phenoxy) is 1. The molecular weight excluding hydrogens is 308 g/mol. The van der Waals surface area contributed by atoms with Crippen LogP contribution in [-0.4, -0.2) is 10.2 Å². The number of aromatic hydroxyl groups is 1. The predicted octanol–water partition coefficient (Wildman–Crippen LogP) is 3.79. The van der Waals surface area contributed by atoms with Gasteiger partial charge in [-0.25, -0.2) is 0 Å². The zero-order valence-corrected chi connectivity index (χ0v) is 12.1. The third-order valence-electron chi connectivity index (χ3n) is 2.75. The summed E-state index contributed by atoms with van der Waals surface area (Å²) < 4.78 is 6.62. The first kappa shape index (κ1) is 13.9. The Morgan fingerprint density at radius 1 is 1.16 bits per heavy atom. The lowest BCUT2D eigenvalue weighted by molar-refractivity contribution is 0.190. The van der Waals surface area contributed by atoms with Gasteiger partial charge in [0.1, 0.15) is 18.1 Å². The van der Waals surface area contributed by atoms with Gasteiger partial charge in [-0.3, -0.25) is 0 Å². The van der Waals surface area contributed by atoms with Crippen LogP contribution in [0.25, 0.3) is 0 Å². The Labute approximate surface area is 120 Å². The molecule has 0 amide bonds. The zero-order chi connectivity index (χ0) is 13.8. The van der Waals surface area contributed by atoms with Gasteiger partial charge in [-0.2, -0.15) is 0 Å². The van der Waals surface area contributed by atoms with Gasteiger partial charge in [-0.15, -0.1) is 0 Å². The standard InChI is InChI=1S/C15H15BrO3/c1-10(17)14-8-12(16)4-7-15(14)19-9-11-2-5-13(18)6-3-11/h2-8,10,17-18H,9H2,1H3. The molecule has 2 aromatic carbocycles. The van der Waals surface area contributed by atoms with Crippen molar-refractivity contribution in [1.29, 1.82) is 0 Å². The highest BCUT2D eigenvalue weighted by Crippen LogP contribution is 2.29. The maximum Gasteiger partial charge on any atom is 0.125 e. The molecule has 0 aliphatic carbocycles. The van der Waals surface area contributed by atoms with Gasteiger partial charge >= 0.3 is 0 Å². The van der Waals surface area contributed by atoms with E-state index in [0.29, 0.717) is 12.4 Å². The topological polar surface area (TPSA) is 49.7 Å². The van der Waals surface area contributed by atoms with Crippen LogP contribution >= 0.6 is 15.9 Å². The van der Waals surface area contributed by atoms with E-state index < -0.39 is 6.10 Å². The molecule has 0 aliphatic rings. The smallest absolute Gasteiger partial charge is 0.125 e. The van der Waals surface area contributed by atoms with E-state index in [9.17, 15) is 10.2 Å². The quantitative estimate of drug-likeness (QED) is 0.900. The number of aliphatic hydroxyl groups is 1. The molecule has 4 heteroatoms. The fraction of sp³-hybridized carbons (Fsp3) is 0.200. The lowest BCUT2D eigenvalue weighted by Gasteiger charge is -2.14. The number of aliphatic hydroxyl groups excluding tert-OH is 1. The normalized spacial score (nSPS) is 12.2. The molecule has 0 aliphatic heterocycles. The third-order valence-corrected chi connectivity index (χ3v) is 3.25. The predicted molar refractivity (Wildman–Crippen MR) is 77.2 cm³/mol. The number of hydrogen-bond acceptors (Lipinski definition) is 3. The summed E-state index contributed by atoms with van der Waals surface area (Å²) in [7, 11) is 0. The fourth-order valence-electron chi connectivity index (χ4n) is 1.73. The molecule has 0 saturated carbocycles. The molecule has 2 rings (SSSR count). The van der Waals surface area contributed by atoms with Gasteiger partial charge in [0, 0.05) is 10.0 Å². The molecule has 2 N–H and O–H groups in total. The highest BCUT2D eigenvalue weighted by Gasteiger charge is 2.10. The summed E-state index contributed by atoms with van der Waals surface area (Å²) in [4.78, 5) is 0. The Morgan fingerprint density at radius 2 is 1.84 bits per heavy atom. The van der Waals surface area contributed by atoms with Gasteiger partial charge in [0.2, 0.25) is 0 Å². The van der Waals surface area contributed by atoms with Gasteiger partial charge in [0.15, 0.2) is 0 Å². The number of rotatable bonds is 4. The van der Waals surface area contributed by atoms with Crippen LogP contribution in [0.4, 0.5) is 0 Å². The van der Waals surface area contributed by atoms with Crippen molar-refractivity contribution in [2.75, 3.05) is 0 Å². The summed E-state index contributed by atoms with van der Waals surface area (Å²) in [6.07, 6.45) is -0.590. The lowest BCUT2D eigenvalue weighted by Crippen LogP contribution is -2.01. The first-order valence-electron chi connectivity index (χ1n) is 5.94. The van der Waals surface area contributed by atoms with Crippen molar-refractivity contribution in [2.24, 2.45) is 0 Å². The molecule has 1 unspecified atom stereocenters. The van der Waals surface area contributed by atoms with Gasteiger partial charge < -0.3 is 14.9 Å². The van der Waals surface area contributed by atoms with Gasteiger partial charge in [0.25, 0.3) is 0 Å². The van der Waals surface area contributed by atoms with E-state index in [1.807, 2.05) is 18.2 Å². The SMILES string of the molecule is CC(O)c1cc(Br)ccc1OCc1ccc(O)cc1. The summed E-state index contributed by atoms with van der Waals surface area (Å²) in [5, 5.41) is 18.9. The van der Waals surface area contributed by atoms with Crippen LogP contribution in [0, 0.1) is 0 Å². The van der Waals surface area contributed by atoms with Crippen molar-refractivity contribution in [3.63, 3.8) is 0 Å².